The predicted molar refractivity (Wildman–Crippen MR) is 102 cm³/mol. The zero-order valence-corrected chi connectivity index (χ0v) is 15.0. The summed E-state index contributed by atoms with van der Waals surface area (Å²) in [4.78, 5) is 23.1. The lowest BCUT2D eigenvalue weighted by atomic mass is 10.2. The van der Waals surface area contributed by atoms with E-state index in [0.717, 1.165) is 11.3 Å². The molecule has 0 fully saturated rings. The maximum atomic E-state index is 12.0. The average Bonchev–Trinajstić information content (AvgIpc) is 2.67. The number of carbonyl (C=O) groups is 2. The fourth-order valence-corrected chi connectivity index (χ4v) is 2.01. The standard InChI is InChI=1S/C20H20N2O5/c1-3-26-20(24)22-21-14-16-5-4-6-18(13-16)27-19(23)12-9-15-7-10-17(25-2)11-8-15/h4-14H,3H2,1-2H3,(H,22,24)/b12-9+,21-14+. The summed E-state index contributed by atoms with van der Waals surface area (Å²) in [5.74, 6) is 0.592. The Morgan fingerprint density at radius 2 is 1.85 bits per heavy atom. The van der Waals surface area contributed by atoms with Gasteiger partial charge in [0, 0.05) is 6.08 Å². The number of methoxy groups -OCH3 is 1. The van der Waals surface area contributed by atoms with E-state index in [4.69, 9.17) is 9.47 Å². The van der Waals surface area contributed by atoms with Gasteiger partial charge < -0.3 is 14.2 Å². The molecule has 0 saturated heterocycles. The fourth-order valence-electron chi connectivity index (χ4n) is 2.01. The monoisotopic (exact) mass is 368 g/mol. The van der Waals surface area contributed by atoms with Crippen molar-refractivity contribution >= 4 is 24.4 Å². The number of nitrogens with one attached hydrogen (secondary N) is 1. The largest absolute Gasteiger partial charge is 0.497 e. The summed E-state index contributed by atoms with van der Waals surface area (Å²) in [6, 6.07) is 14.0. The Bertz CT molecular complexity index is 829. The highest BCUT2D eigenvalue weighted by atomic mass is 16.6. The summed E-state index contributed by atoms with van der Waals surface area (Å²) in [5, 5.41) is 3.76. The normalized spacial score (nSPS) is 10.7. The molecule has 0 atom stereocenters. The second-order valence-electron chi connectivity index (χ2n) is 5.19. The first kappa shape index (κ1) is 19.7. The van der Waals surface area contributed by atoms with Crippen molar-refractivity contribution in [2.24, 2.45) is 5.10 Å². The SMILES string of the molecule is CCOC(=O)N/N=C/c1cccc(OC(=O)/C=C/c2ccc(OC)cc2)c1. The minimum Gasteiger partial charge on any atom is -0.497 e. The maximum Gasteiger partial charge on any atom is 0.427 e. The Labute approximate surface area is 157 Å². The molecule has 140 valence electrons. The van der Waals surface area contributed by atoms with E-state index < -0.39 is 12.1 Å². The number of hydrogen-bond acceptors (Lipinski definition) is 6. The van der Waals surface area contributed by atoms with Crippen LogP contribution < -0.4 is 14.9 Å². The van der Waals surface area contributed by atoms with E-state index in [-0.39, 0.29) is 6.61 Å². The van der Waals surface area contributed by atoms with Crippen molar-refractivity contribution < 1.29 is 23.8 Å². The van der Waals surface area contributed by atoms with Gasteiger partial charge in [-0.05, 0) is 48.4 Å². The van der Waals surface area contributed by atoms with Crippen molar-refractivity contribution in [1.29, 1.82) is 0 Å². The average molecular weight is 368 g/mol. The second-order valence-corrected chi connectivity index (χ2v) is 5.19. The molecule has 7 nitrogen and oxygen atoms in total. The molecule has 0 spiro atoms. The van der Waals surface area contributed by atoms with Crippen LogP contribution in [-0.2, 0) is 9.53 Å². The molecule has 2 rings (SSSR count). The van der Waals surface area contributed by atoms with Crippen LogP contribution >= 0.6 is 0 Å². The van der Waals surface area contributed by atoms with Crippen LogP contribution in [0.25, 0.3) is 6.08 Å². The topological polar surface area (TPSA) is 86.2 Å². The van der Waals surface area contributed by atoms with Gasteiger partial charge in [-0.3, -0.25) is 0 Å². The zero-order valence-electron chi connectivity index (χ0n) is 15.0. The number of ether oxygens (including phenoxy) is 3. The van der Waals surface area contributed by atoms with Gasteiger partial charge in [0.05, 0.1) is 19.9 Å². The van der Waals surface area contributed by atoms with Crippen LogP contribution in [0, 0.1) is 0 Å². The molecule has 2 aromatic rings. The highest BCUT2D eigenvalue weighted by molar-refractivity contribution is 5.89. The molecule has 0 aliphatic rings. The highest BCUT2D eigenvalue weighted by Crippen LogP contribution is 2.14. The van der Waals surface area contributed by atoms with Gasteiger partial charge in [-0.1, -0.05) is 24.3 Å². The highest BCUT2D eigenvalue weighted by Gasteiger charge is 2.02. The van der Waals surface area contributed by atoms with Crippen LogP contribution in [0.4, 0.5) is 4.79 Å². The molecule has 0 heterocycles. The molecule has 0 unspecified atom stereocenters. The van der Waals surface area contributed by atoms with Gasteiger partial charge in [0.25, 0.3) is 0 Å². The van der Waals surface area contributed by atoms with Crippen molar-refractivity contribution in [3.05, 3.63) is 65.7 Å². The summed E-state index contributed by atoms with van der Waals surface area (Å²) in [7, 11) is 1.59. The number of hydrazone groups is 1. The number of rotatable bonds is 7. The van der Waals surface area contributed by atoms with Crippen LogP contribution in [0.2, 0.25) is 0 Å². The third kappa shape index (κ3) is 7.03. The molecule has 0 bridgehead atoms. The Morgan fingerprint density at radius 1 is 1.07 bits per heavy atom. The van der Waals surface area contributed by atoms with Gasteiger partial charge in [-0.15, -0.1) is 0 Å². The minimum atomic E-state index is -0.639. The Balaban J connectivity index is 1.92. The maximum absolute atomic E-state index is 12.0. The summed E-state index contributed by atoms with van der Waals surface area (Å²) in [6.07, 6.45) is 3.77. The third-order valence-corrected chi connectivity index (χ3v) is 3.25. The van der Waals surface area contributed by atoms with Crippen LogP contribution in [0.1, 0.15) is 18.1 Å². The van der Waals surface area contributed by atoms with Crippen LogP contribution in [0.15, 0.2) is 59.7 Å². The van der Waals surface area contributed by atoms with E-state index in [0.29, 0.717) is 11.3 Å². The van der Waals surface area contributed by atoms with Crippen molar-refractivity contribution in [3.8, 4) is 11.5 Å². The summed E-state index contributed by atoms with van der Waals surface area (Å²) >= 11 is 0. The smallest absolute Gasteiger partial charge is 0.427 e. The second kappa shape index (κ2) is 10.4. The molecule has 0 radical (unpaired) electrons. The molecule has 0 aliphatic heterocycles. The quantitative estimate of drug-likeness (QED) is 0.266. The number of carbonyl (C=O) groups excluding carboxylic acids is 2. The van der Waals surface area contributed by atoms with Gasteiger partial charge in [-0.25, -0.2) is 15.0 Å². The zero-order chi connectivity index (χ0) is 19.5. The molecule has 27 heavy (non-hydrogen) atoms. The molecule has 2 aromatic carbocycles. The Morgan fingerprint density at radius 3 is 2.56 bits per heavy atom. The number of benzene rings is 2. The predicted octanol–water partition coefficient (Wildman–Crippen LogP) is 3.39. The van der Waals surface area contributed by atoms with Crippen molar-refractivity contribution in [1.82, 2.24) is 5.43 Å². The van der Waals surface area contributed by atoms with Gasteiger partial charge in [0.2, 0.25) is 0 Å². The Kier molecular flexibility index (Phi) is 7.59. The third-order valence-electron chi connectivity index (χ3n) is 3.25. The first-order valence-electron chi connectivity index (χ1n) is 8.20. The van der Waals surface area contributed by atoms with E-state index in [9.17, 15) is 9.59 Å². The summed E-state index contributed by atoms with van der Waals surface area (Å²) in [5.41, 5.74) is 3.71. The van der Waals surface area contributed by atoms with Gasteiger partial charge in [-0.2, -0.15) is 5.10 Å². The first-order chi connectivity index (χ1) is 13.1. The van der Waals surface area contributed by atoms with Crippen LogP contribution in [0.3, 0.4) is 0 Å². The van der Waals surface area contributed by atoms with Crippen molar-refractivity contribution in [2.45, 2.75) is 6.92 Å². The fraction of sp³-hybridized carbons (Fsp3) is 0.150. The van der Waals surface area contributed by atoms with E-state index >= 15 is 0 Å². The molecule has 1 amide bonds. The van der Waals surface area contributed by atoms with Gasteiger partial charge in [0.15, 0.2) is 0 Å². The molecular formula is C20H20N2O5. The molecule has 0 saturated carbocycles. The molecule has 1 N–H and O–H groups in total. The lowest BCUT2D eigenvalue weighted by molar-refractivity contribution is -0.128. The lowest BCUT2D eigenvalue weighted by Gasteiger charge is -2.03. The molecular weight excluding hydrogens is 348 g/mol. The first-order valence-corrected chi connectivity index (χ1v) is 8.20. The summed E-state index contributed by atoms with van der Waals surface area (Å²) < 4.78 is 15.0. The van der Waals surface area contributed by atoms with Crippen molar-refractivity contribution in [2.75, 3.05) is 13.7 Å². The van der Waals surface area contributed by atoms with Gasteiger partial charge >= 0.3 is 12.1 Å². The molecule has 0 aromatic heterocycles. The molecule has 7 heteroatoms. The van der Waals surface area contributed by atoms with E-state index in [1.165, 1.54) is 12.3 Å². The Hall–Kier alpha value is -3.61. The van der Waals surface area contributed by atoms with Crippen LogP contribution in [-0.4, -0.2) is 32.0 Å². The van der Waals surface area contributed by atoms with E-state index in [1.807, 2.05) is 12.1 Å². The number of amides is 1. The van der Waals surface area contributed by atoms with Crippen LogP contribution in [0.5, 0.6) is 11.5 Å². The molecule has 0 aliphatic carbocycles. The lowest BCUT2D eigenvalue weighted by Crippen LogP contribution is -2.18. The van der Waals surface area contributed by atoms with E-state index in [1.54, 1.807) is 56.5 Å². The minimum absolute atomic E-state index is 0.261. The van der Waals surface area contributed by atoms with Crippen molar-refractivity contribution in [3.63, 3.8) is 0 Å². The summed E-state index contributed by atoms with van der Waals surface area (Å²) in [6.45, 7) is 1.96. The van der Waals surface area contributed by atoms with Gasteiger partial charge in [0.1, 0.15) is 11.5 Å². The number of hydrogen-bond donors (Lipinski definition) is 1. The number of esters is 1. The van der Waals surface area contributed by atoms with E-state index in [2.05, 4.69) is 15.3 Å². The number of nitrogens with zero attached hydrogens (tertiary/aromatic N) is 1.